The number of nitrogens with two attached hydrogens (primary N) is 1. The number of halogens is 1. The summed E-state index contributed by atoms with van der Waals surface area (Å²) in [5.74, 6) is 0.606. The van der Waals surface area contributed by atoms with Crippen LogP contribution in [0.15, 0.2) is 6.07 Å². The van der Waals surface area contributed by atoms with Gasteiger partial charge in [-0.1, -0.05) is 6.92 Å². The van der Waals surface area contributed by atoms with E-state index in [-0.39, 0.29) is 13.8 Å². The van der Waals surface area contributed by atoms with Crippen LogP contribution in [-0.2, 0) is 13.5 Å². The van der Waals surface area contributed by atoms with Crippen LogP contribution < -0.4 is 18.1 Å². The number of rotatable bonds is 1. The van der Waals surface area contributed by atoms with Crippen molar-refractivity contribution in [3.05, 3.63) is 11.8 Å². The van der Waals surface area contributed by atoms with Crippen LogP contribution in [0, 0.1) is 0 Å². The molecule has 3 nitrogen and oxygen atoms in total. The summed E-state index contributed by atoms with van der Waals surface area (Å²) < 4.78 is 1.80. The quantitative estimate of drug-likeness (QED) is 0.503. The predicted octanol–water partition coefficient (Wildman–Crippen LogP) is -2.32. The number of nitrogens with zero attached hydrogens (tertiary/aromatic N) is 2. The van der Waals surface area contributed by atoms with Crippen molar-refractivity contribution < 1.29 is 13.8 Å². The monoisotopic (exact) mass is 161 g/mol. The number of anilines is 1. The zero-order valence-electron chi connectivity index (χ0n) is 7.13. The highest BCUT2D eigenvalue weighted by Crippen LogP contribution is 2.03. The lowest BCUT2D eigenvalue weighted by atomic mass is 10.3. The van der Waals surface area contributed by atoms with Gasteiger partial charge in [0.15, 0.2) is 0 Å². The molecule has 4 heteroatoms. The lowest BCUT2D eigenvalue weighted by Gasteiger charge is -1.92. The van der Waals surface area contributed by atoms with Crippen molar-refractivity contribution in [1.82, 2.24) is 9.78 Å². The van der Waals surface area contributed by atoms with E-state index in [1.165, 1.54) is 5.69 Å². The largest absolute Gasteiger partial charge is 1.00 e. The van der Waals surface area contributed by atoms with Gasteiger partial charge in [-0.05, 0) is 6.42 Å². The average Bonchev–Trinajstić information content (AvgIpc) is 2.10. The summed E-state index contributed by atoms with van der Waals surface area (Å²) in [6, 6.07) is 1.89. The molecule has 0 bridgehead atoms. The van der Waals surface area contributed by atoms with Crippen LogP contribution in [0.3, 0.4) is 0 Å². The van der Waals surface area contributed by atoms with E-state index >= 15 is 0 Å². The molecule has 1 rings (SSSR count). The highest BCUT2D eigenvalue weighted by Gasteiger charge is 1.96. The van der Waals surface area contributed by atoms with E-state index in [2.05, 4.69) is 12.0 Å². The topological polar surface area (TPSA) is 43.8 Å². The van der Waals surface area contributed by atoms with Crippen LogP contribution in [0.2, 0.25) is 0 Å². The van der Waals surface area contributed by atoms with E-state index in [1.54, 1.807) is 4.68 Å². The minimum absolute atomic E-state index is 0. The minimum atomic E-state index is 0. The molecular weight excluding hydrogens is 150 g/mol. The summed E-state index contributed by atoms with van der Waals surface area (Å²) in [4.78, 5) is 0. The van der Waals surface area contributed by atoms with Crippen molar-refractivity contribution in [3.8, 4) is 0 Å². The Morgan fingerprint density at radius 3 is 2.60 bits per heavy atom. The number of nitrogen functional groups attached to an aromatic ring is 1. The summed E-state index contributed by atoms with van der Waals surface area (Å²) in [5, 5.41) is 3.98. The summed E-state index contributed by atoms with van der Waals surface area (Å²) in [7, 11) is 1.90. The van der Waals surface area contributed by atoms with Gasteiger partial charge in [-0.15, -0.1) is 0 Å². The van der Waals surface area contributed by atoms with E-state index in [0.717, 1.165) is 6.42 Å². The number of hydrogen-bond donors (Lipinski definition) is 1. The predicted molar refractivity (Wildman–Crippen MR) is 38.1 cm³/mol. The van der Waals surface area contributed by atoms with E-state index < -0.39 is 0 Å². The molecule has 1 heterocycles. The van der Waals surface area contributed by atoms with Crippen LogP contribution >= 0.6 is 0 Å². The smallest absolute Gasteiger partial charge is 1.00 e. The SMILES string of the molecule is CCc1cc(N)nn1C.[Cl-].[H+]. The number of aromatic nitrogens is 2. The molecule has 0 fully saturated rings. The first-order valence-corrected chi connectivity index (χ1v) is 3.02. The Hall–Kier alpha value is -0.700. The third kappa shape index (κ3) is 1.64. The second-order valence-corrected chi connectivity index (χ2v) is 2.04. The van der Waals surface area contributed by atoms with Gasteiger partial charge >= 0.3 is 1.43 Å². The molecule has 0 amide bonds. The highest BCUT2D eigenvalue weighted by atomic mass is 35.5. The van der Waals surface area contributed by atoms with Crippen LogP contribution in [0.5, 0.6) is 0 Å². The summed E-state index contributed by atoms with van der Waals surface area (Å²) in [6.45, 7) is 2.08. The lowest BCUT2D eigenvalue weighted by Crippen LogP contribution is -3.00. The summed E-state index contributed by atoms with van der Waals surface area (Å²) in [5.41, 5.74) is 6.60. The Morgan fingerprint density at radius 2 is 2.40 bits per heavy atom. The first-order chi connectivity index (χ1) is 4.24. The van der Waals surface area contributed by atoms with E-state index in [9.17, 15) is 0 Å². The van der Waals surface area contributed by atoms with E-state index in [4.69, 9.17) is 5.73 Å². The van der Waals surface area contributed by atoms with Gasteiger partial charge in [-0.25, -0.2) is 0 Å². The molecule has 0 unspecified atom stereocenters. The zero-order valence-corrected chi connectivity index (χ0v) is 6.89. The van der Waals surface area contributed by atoms with Crippen molar-refractivity contribution in [3.63, 3.8) is 0 Å². The number of aryl methyl sites for hydroxylation is 2. The molecule has 58 valence electrons. The third-order valence-corrected chi connectivity index (χ3v) is 1.36. The van der Waals surface area contributed by atoms with Gasteiger partial charge in [0.2, 0.25) is 0 Å². The van der Waals surface area contributed by atoms with Crippen molar-refractivity contribution in [2.75, 3.05) is 5.73 Å². The molecule has 10 heavy (non-hydrogen) atoms. The molecule has 1 aromatic rings. The maximum Gasteiger partial charge on any atom is 1.00 e. The standard InChI is InChI=1S/C6H11N3.ClH/c1-3-5-4-6(7)8-9(5)2;/h4H,3H2,1-2H3,(H2,7,8);1H. The zero-order chi connectivity index (χ0) is 6.85. The van der Waals surface area contributed by atoms with Crippen LogP contribution in [-0.4, -0.2) is 9.78 Å². The summed E-state index contributed by atoms with van der Waals surface area (Å²) >= 11 is 0. The van der Waals surface area contributed by atoms with Crippen molar-refractivity contribution in [1.29, 1.82) is 0 Å². The molecule has 0 saturated heterocycles. The van der Waals surface area contributed by atoms with Gasteiger partial charge in [0.25, 0.3) is 0 Å². The first kappa shape index (κ1) is 9.30. The van der Waals surface area contributed by atoms with Gasteiger partial charge in [0, 0.05) is 18.8 Å². The normalized spacial score (nSPS) is 9.00. The van der Waals surface area contributed by atoms with Crippen molar-refractivity contribution >= 4 is 5.82 Å². The Morgan fingerprint density at radius 1 is 1.80 bits per heavy atom. The highest BCUT2D eigenvalue weighted by molar-refractivity contribution is 5.29. The molecule has 0 atom stereocenters. The van der Waals surface area contributed by atoms with Gasteiger partial charge in [0.05, 0.1) is 0 Å². The molecule has 0 aliphatic rings. The molecule has 0 radical (unpaired) electrons. The minimum Gasteiger partial charge on any atom is -1.00 e. The van der Waals surface area contributed by atoms with Crippen LogP contribution in [0.4, 0.5) is 5.82 Å². The second kappa shape index (κ2) is 3.46. The Labute approximate surface area is 68.1 Å². The fraction of sp³-hybridized carbons (Fsp3) is 0.500. The van der Waals surface area contributed by atoms with Crippen molar-refractivity contribution in [2.45, 2.75) is 13.3 Å². The molecule has 0 spiro atoms. The van der Waals surface area contributed by atoms with Gasteiger partial charge in [-0.3, -0.25) is 4.68 Å². The van der Waals surface area contributed by atoms with E-state index in [1.807, 2.05) is 13.1 Å². The third-order valence-electron chi connectivity index (χ3n) is 1.36. The molecule has 1 aromatic heterocycles. The molecule has 0 aliphatic carbocycles. The van der Waals surface area contributed by atoms with Crippen LogP contribution in [0.25, 0.3) is 0 Å². The number of hydrogen-bond acceptors (Lipinski definition) is 2. The maximum absolute atomic E-state index is 5.42. The molecular formula is C6H12ClN3. The molecule has 2 N–H and O–H groups in total. The lowest BCUT2D eigenvalue weighted by molar-refractivity contribution is -0.00000217. The van der Waals surface area contributed by atoms with Crippen molar-refractivity contribution in [2.24, 2.45) is 7.05 Å². The summed E-state index contributed by atoms with van der Waals surface area (Å²) in [6.07, 6.45) is 0.987. The van der Waals surface area contributed by atoms with Gasteiger partial charge in [0.1, 0.15) is 5.82 Å². The Balaban J connectivity index is 0. The van der Waals surface area contributed by atoms with Crippen LogP contribution in [0.1, 0.15) is 14.0 Å². The first-order valence-electron chi connectivity index (χ1n) is 3.02. The fourth-order valence-corrected chi connectivity index (χ4v) is 0.861. The van der Waals surface area contributed by atoms with E-state index in [0.29, 0.717) is 5.82 Å². The fourth-order valence-electron chi connectivity index (χ4n) is 0.861. The Bertz CT molecular complexity index is 212. The molecule has 0 aliphatic heterocycles. The Kier molecular flexibility index (Phi) is 3.22. The maximum atomic E-state index is 5.42. The molecule has 0 saturated carbocycles. The molecule has 0 aromatic carbocycles. The van der Waals surface area contributed by atoms with Gasteiger partial charge in [-0.2, -0.15) is 5.10 Å². The second-order valence-electron chi connectivity index (χ2n) is 2.04. The average molecular weight is 162 g/mol. The van der Waals surface area contributed by atoms with Gasteiger partial charge < -0.3 is 18.1 Å².